The lowest BCUT2D eigenvalue weighted by Gasteiger charge is -2.60. The number of ketones is 1. The Labute approximate surface area is 551 Å². The van der Waals surface area contributed by atoms with Crippen molar-refractivity contribution < 1.29 is 99.9 Å². The van der Waals surface area contributed by atoms with Gasteiger partial charge in [-0.25, -0.2) is 9.59 Å². The molecule has 4 aliphatic heterocycles. The Morgan fingerprint density at radius 1 is 0.571 bits per heavy atom. The first-order valence-electron chi connectivity index (χ1n) is 30.9. The number of anilines is 2. The number of benzene rings is 2. The monoisotopic (exact) mass is 1370 g/mol. The van der Waals surface area contributed by atoms with Gasteiger partial charge in [0.05, 0.1) is 18.8 Å². The second kappa shape index (κ2) is 29.9. The minimum absolute atomic E-state index is 0.00198. The number of halogens is 5. The lowest BCUT2D eigenvalue weighted by atomic mass is 9.44. The zero-order valence-corrected chi connectivity index (χ0v) is 54.5. The Morgan fingerprint density at radius 3 is 1.68 bits per heavy atom. The zero-order chi connectivity index (χ0) is 64.9. The van der Waals surface area contributed by atoms with Crippen molar-refractivity contribution in [2.75, 3.05) is 59.9 Å². The molecule has 23 nitrogen and oxygen atoms in total. The van der Waals surface area contributed by atoms with Crippen molar-refractivity contribution in [3.63, 3.8) is 0 Å². The highest BCUT2D eigenvalue weighted by molar-refractivity contribution is 6.27. The highest BCUT2D eigenvalue weighted by Gasteiger charge is 2.71. The fourth-order valence-electron chi connectivity index (χ4n) is 16.2. The van der Waals surface area contributed by atoms with Crippen LogP contribution in [0.15, 0.2) is 60.7 Å². The number of nitrogens with one attached hydrogen (secondary N) is 2. The molecule has 4 saturated carbocycles. The van der Waals surface area contributed by atoms with Gasteiger partial charge in [0.25, 0.3) is 0 Å². The molecule has 4 aliphatic carbocycles. The summed E-state index contributed by atoms with van der Waals surface area (Å²) in [4.78, 5) is 109. The number of fused-ring (bicyclic) bond motifs is 7. The van der Waals surface area contributed by atoms with Crippen LogP contribution in [0.3, 0.4) is 0 Å². The number of ether oxygens (including phenoxy) is 13. The number of carbonyl (C=O) groups excluding carboxylic acids is 8. The van der Waals surface area contributed by atoms with Crippen molar-refractivity contribution in [1.82, 2.24) is 0 Å². The Bertz CT molecular complexity index is 2930. The molecule has 28 heteroatoms. The van der Waals surface area contributed by atoms with Crippen LogP contribution in [-0.4, -0.2) is 176 Å². The summed E-state index contributed by atoms with van der Waals surface area (Å²) in [7, 11) is 0. The van der Waals surface area contributed by atoms with Gasteiger partial charge in [-0.3, -0.25) is 39.4 Å². The smallest absolute Gasteiger partial charge is 0.412 e. The molecule has 1 spiro atoms. The van der Waals surface area contributed by atoms with E-state index in [1.54, 1.807) is 60.7 Å². The van der Waals surface area contributed by atoms with Crippen LogP contribution in [0, 0.1) is 52.3 Å². The van der Waals surface area contributed by atoms with Crippen LogP contribution in [0.5, 0.6) is 0 Å². The summed E-state index contributed by atoms with van der Waals surface area (Å²) in [5.41, 5.74) is -0.0761. The van der Waals surface area contributed by atoms with Gasteiger partial charge >= 0.3 is 42.0 Å². The third kappa shape index (κ3) is 15.0. The first-order chi connectivity index (χ1) is 43.6. The lowest BCUT2D eigenvalue weighted by Crippen LogP contribution is -2.68. The molecule has 500 valence electrons. The van der Waals surface area contributed by atoms with Crippen LogP contribution in [0.1, 0.15) is 85.5 Å². The van der Waals surface area contributed by atoms with E-state index in [2.05, 4.69) is 38.3 Å². The molecule has 0 bridgehead atoms. The fourth-order valence-corrected chi connectivity index (χ4v) is 16.5. The van der Waals surface area contributed by atoms with Gasteiger partial charge < -0.3 is 61.6 Å². The molecule has 2 amide bonds. The summed E-state index contributed by atoms with van der Waals surface area (Å²) in [5, 5.41) is 5.09. The van der Waals surface area contributed by atoms with E-state index in [0.717, 1.165) is 32.1 Å². The van der Waals surface area contributed by atoms with Gasteiger partial charge in [-0.1, -0.05) is 64.1 Å². The van der Waals surface area contributed by atoms with Crippen molar-refractivity contribution in [2.45, 2.75) is 165 Å². The molecule has 91 heavy (non-hydrogen) atoms. The van der Waals surface area contributed by atoms with E-state index in [1.165, 1.54) is 0 Å². The van der Waals surface area contributed by atoms with E-state index >= 15 is 4.79 Å². The van der Waals surface area contributed by atoms with Crippen molar-refractivity contribution in [3.05, 3.63) is 60.7 Å². The molecule has 4 saturated heterocycles. The van der Waals surface area contributed by atoms with Crippen LogP contribution >= 0.6 is 58.0 Å². The highest BCUT2D eigenvalue weighted by Crippen LogP contribution is 2.71. The number of hydrogen-bond acceptors (Lipinski definition) is 21. The minimum atomic E-state index is -2.10. The number of amides is 2. The van der Waals surface area contributed by atoms with E-state index in [9.17, 15) is 33.6 Å². The van der Waals surface area contributed by atoms with Crippen molar-refractivity contribution >= 4 is 117 Å². The largest absolute Gasteiger partial charge is 0.462 e. The molecular formula is C63H77Cl5N2O21. The summed E-state index contributed by atoms with van der Waals surface area (Å²) >= 11 is 30.2. The van der Waals surface area contributed by atoms with Gasteiger partial charge in [-0.05, 0) is 110 Å². The van der Waals surface area contributed by atoms with Crippen LogP contribution < -0.4 is 10.6 Å². The predicted octanol–water partition coefficient (Wildman–Crippen LogP) is 9.08. The number of Topliss-reactive ketones (excluding diaryl/α,β-unsaturated/α-hetero) is 1. The number of hydrogen-bond donors (Lipinski definition) is 2. The van der Waals surface area contributed by atoms with Gasteiger partial charge in [0.15, 0.2) is 48.9 Å². The van der Waals surface area contributed by atoms with Crippen LogP contribution in [0.4, 0.5) is 21.0 Å². The first-order valence-corrected chi connectivity index (χ1v) is 33.5. The Kier molecular flexibility index (Phi) is 22.7. The van der Waals surface area contributed by atoms with Crippen LogP contribution in [-0.2, 0) is 90.3 Å². The molecule has 8 aliphatic rings. The maximum absolute atomic E-state index is 15.0. The maximum atomic E-state index is 15.0. The standard InChI is InChI=1S/C63H77Cl5N2O21/c1-32-17-20-63(81-29-32)33(2)49-41(91-63)22-39-38-16-15-34-21-37(18-19-61(34,3)50(38)40(71)23-62(39,49)4)82-57-55(87-47(75)27-67)53(85-45(73)25-65)51(42(83-57)30-79-44(72)24-64)89-58-56(88-48(76)28-68)54(86-46(74)26-66)52(90-60(78)70-36-13-9-6-10-14-36)43(84-58)31-80-59(77)69-35-11-7-5-8-12-35/h5-14,32-34,37-39,41-43,49-58H,15-31H2,1-4H3,(H,69,77)(H,70,78)/t32-,33+,34+,37+,38+,39+,41?,42-,43-,49?,50-,51-,52-,53+,54+,55-,56-,57-,58+,61+,62+,63-/m1/s1. The maximum Gasteiger partial charge on any atom is 0.412 e. The third-order valence-corrected chi connectivity index (χ3v) is 21.1. The molecule has 2 aromatic carbocycles. The second-order valence-electron chi connectivity index (χ2n) is 25.5. The van der Waals surface area contributed by atoms with Crippen molar-refractivity contribution in [3.8, 4) is 0 Å². The molecule has 2 aromatic rings. The number of esters is 5. The average Bonchev–Trinajstić information content (AvgIpc) is 1.58. The Balaban J connectivity index is 0.945. The Hall–Kier alpha value is -4.79. The number of rotatable bonds is 20. The van der Waals surface area contributed by atoms with E-state index in [-0.39, 0.29) is 58.5 Å². The molecule has 22 atom stereocenters. The topological polar surface area (TPSA) is 281 Å². The minimum Gasteiger partial charge on any atom is -0.462 e. The average molecular weight is 1380 g/mol. The van der Waals surface area contributed by atoms with Crippen LogP contribution in [0.2, 0.25) is 0 Å². The number of carbonyl (C=O) groups is 8. The number of para-hydroxylation sites is 2. The van der Waals surface area contributed by atoms with Gasteiger partial charge in [-0.2, -0.15) is 0 Å². The van der Waals surface area contributed by atoms with Gasteiger partial charge in [0.2, 0.25) is 0 Å². The molecule has 8 fully saturated rings. The molecule has 10 rings (SSSR count). The quantitative estimate of drug-likeness (QED) is 0.0541. The number of alkyl halides is 5. The van der Waals surface area contributed by atoms with Crippen molar-refractivity contribution in [1.29, 1.82) is 0 Å². The predicted molar refractivity (Wildman–Crippen MR) is 325 cm³/mol. The van der Waals surface area contributed by atoms with Crippen molar-refractivity contribution in [2.24, 2.45) is 52.3 Å². The molecule has 2 N–H and O–H groups in total. The summed E-state index contributed by atoms with van der Waals surface area (Å²) in [5.74, 6) is -8.49. The summed E-state index contributed by atoms with van der Waals surface area (Å²) < 4.78 is 80.9. The molecule has 0 aromatic heterocycles. The summed E-state index contributed by atoms with van der Waals surface area (Å²) in [6.45, 7) is 8.08. The van der Waals surface area contributed by atoms with Gasteiger partial charge in [0.1, 0.15) is 66.7 Å². The highest BCUT2D eigenvalue weighted by atomic mass is 35.5. The zero-order valence-electron chi connectivity index (χ0n) is 50.7. The second-order valence-corrected chi connectivity index (χ2v) is 26.8. The van der Waals surface area contributed by atoms with Gasteiger partial charge in [-0.15, -0.1) is 58.0 Å². The first kappa shape index (κ1) is 69.1. The molecule has 4 heterocycles. The van der Waals surface area contributed by atoms with E-state index < -0.39 is 163 Å². The third-order valence-electron chi connectivity index (χ3n) is 20.1. The Morgan fingerprint density at radius 2 is 1.11 bits per heavy atom. The fraction of sp³-hybridized carbons (Fsp3) is 0.683. The van der Waals surface area contributed by atoms with Crippen LogP contribution in [0.25, 0.3) is 0 Å². The van der Waals surface area contributed by atoms with E-state index in [4.69, 9.17) is 120 Å². The SMILES string of the molecule is C[C@@H]1CC[C@@]2(OC1)OC1C[C@H]3[C@@H]4CC[C@H]5C[C@@H](O[C@@H]6O[C@H](COC(=O)CCl)[C@@H](O[C@@H]7O[C@H](COC(=O)Nc8ccccc8)[C@@H](OC(=O)Nc8ccccc8)[C@H](OC(=O)CCl)[C@H]7OC(=O)CCl)[C@H](OC(=O)CCl)[C@H]6OC(=O)CCl)CC[C@]5(C)[C@H]4C(=O)C[C@]3(C)C1[C@@H]2C. The molecular weight excluding hydrogens is 1300 g/mol. The molecule has 2 unspecified atom stereocenters. The lowest BCUT2D eigenvalue weighted by molar-refractivity contribution is -0.364. The normalized spacial score (nSPS) is 38.1. The van der Waals surface area contributed by atoms with Gasteiger partial charge in [0, 0.05) is 36.1 Å². The summed E-state index contributed by atoms with van der Waals surface area (Å²) in [6.07, 6.45) is -15.0. The van der Waals surface area contributed by atoms with E-state index in [0.29, 0.717) is 43.9 Å². The van der Waals surface area contributed by atoms with E-state index in [1.807, 2.05) is 0 Å². The molecule has 0 radical (unpaired) electrons. The summed E-state index contributed by atoms with van der Waals surface area (Å²) in [6, 6.07) is 16.2.